The second-order valence-corrected chi connectivity index (χ2v) is 12.7. The zero-order valence-corrected chi connectivity index (χ0v) is 19.9. The molecule has 0 aromatic heterocycles. The maximum atomic E-state index is 11.6. The van der Waals surface area contributed by atoms with E-state index in [9.17, 15) is 10.2 Å². The number of hydrogen-bond acceptors (Lipinski definition) is 2. The van der Waals surface area contributed by atoms with Crippen molar-refractivity contribution in [1.29, 1.82) is 0 Å². The Morgan fingerprint density at radius 1 is 0.897 bits per heavy atom. The average Bonchev–Trinajstić information content (AvgIpc) is 3.01. The Bertz CT molecular complexity index is 587. The van der Waals surface area contributed by atoms with E-state index < -0.39 is 11.7 Å². The summed E-state index contributed by atoms with van der Waals surface area (Å²) in [5, 5.41) is 22.8. The molecule has 9 atom stereocenters. The molecule has 4 aliphatic carbocycles. The molecule has 4 aliphatic rings. The van der Waals surface area contributed by atoms with Crippen molar-refractivity contribution >= 4 is 0 Å². The summed E-state index contributed by atoms with van der Waals surface area (Å²) in [4.78, 5) is 0. The highest BCUT2D eigenvalue weighted by Gasteiger charge is 2.66. The lowest BCUT2D eigenvalue weighted by Gasteiger charge is -2.65. The largest absolute Gasteiger partial charge is 0.390 e. The Labute approximate surface area is 180 Å². The molecule has 29 heavy (non-hydrogen) atoms. The molecule has 0 amide bonds. The first-order chi connectivity index (χ1) is 13.6. The summed E-state index contributed by atoms with van der Waals surface area (Å²) in [6, 6.07) is 0. The number of fused-ring (bicyclic) bond motifs is 5. The first-order valence-electron chi connectivity index (χ1n) is 13.0. The first kappa shape index (κ1) is 22.1. The van der Waals surface area contributed by atoms with Crippen LogP contribution in [0.3, 0.4) is 0 Å². The third kappa shape index (κ3) is 3.34. The molecule has 2 nitrogen and oxygen atoms in total. The Balaban J connectivity index is 1.53. The Kier molecular flexibility index (Phi) is 5.95. The number of aliphatic hydroxyl groups excluding tert-OH is 1. The molecule has 4 rings (SSSR count). The fraction of sp³-hybridized carbons (Fsp3) is 1.00. The maximum Gasteiger partial charge on any atom is 0.0961 e. The highest BCUT2D eigenvalue weighted by atomic mass is 16.3. The standard InChI is InChI=1S/C27H48O2/c1-18(2)9-8-10-19(3)21-11-12-22-20-17-24(28)27(29)15-7-6-14-26(27,5)23(20)13-16-25(21,22)4/h18-24,28-29H,6-17H2,1-5H3/t19-,20-,21-,22+,23-,24-,25+,26+,27-/m0/s1. The van der Waals surface area contributed by atoms with Gasteiger partial charge in [-0.2, -0.15) is 0 Å². The molecule has 0 bridgehead atoms. The predicted octanol–water partition coefficient (Wildman–Crippen LogP) is 6.58. The van der Waals surface area contributed by atoms with Gasteiger partial charge in [-0.3, -0.25) is 0 Å². The minimum absolute atomic E-state index is 0.0735. The summed E-state index contributed by atoms with van der Waals surface area (Å²) in [5.41, 5.74) is -0.448. The zero-order chi connectivity index (χ0) is 21.0. The Morgan fingerprint density at radius 3 is 2.34 bits per heavy atom. The Morgan fingerprint density at radius 2 is 1.62 bits per heavy atom. The number of aliphatic hydroxyl groups is 2. The summed E-state index contributed by atoms with van der Waals surface area (Å²) >= 11 is 0. The SMILES string of the molecule is CC(C)CCC[C@H](C)[C@@H]1CC[C@@H]2[C@@H]3C[C@H](O)[C@@]4(O)CCCC[C@]4(C)[C@H]3CC[C@@]21C. The number of hydrogen-bond donors (Lipinski definition) is 2. The van der Waals surface area contributed by atoms with Gasteiger partial charge >= 0.3 is 0 Å². The van der Waals surface area contributed by atoms with E-state index in [0.29, 0.717) is 17.3 Å². The van der Waals surface area contributed by atoms with Crippen molar-refractivity contribution in [2.45, 2.75) is 123 Å². The van der Waals surface area contributed by atoms with Crippen molar-refractivity contribution in [2.75, 3.05) is 0 Å². The minimum atomic E-state index is -0.831. The van der Waals surface area contributed by atoms with Gasteiger partial charge in [0.25, 0.3) is 0 Å². The van der Waals surface area contributed by atoms with Crippen LogP contribution >= 0.6 is 0 Å². The van der Waals surface area contributed by atoms with Crippen molar-refractivity contribution in [3.8, 4) is 0 Å². The van der Waals surface area contributed by atoms with E-state index in [4.69, 9.17) is 0 Å². The molecule has 0 saturated heterocycles. The lowest BCUT2D eigenvalue weighted by Crippen LogP contribution is -2.67. The van der Waals surface area contributed by atoms with Crippen molar-refractivity contribution in [3.63, 3.8) is 0 Å². The summed E-state index contributed by atoms with van der Waals surface area (Å²) in [6.45, 7) is 12.2. The van der Waals surface area contributed by atoms with E-state index in [-0.39, 0.29) is 5.41 Å². The second kappa shape index (κ2) is 7.80. The van der Waals surface area contributed by atoms with Crippen LogP contribution in [0.25, 0.3) is 0 Å². The highest BCUT2D eigenvalue weighted by Crippen LogP contribution is 2.69. The van der Waals surface area contributed by atoms with Gasteiger partial charge in [0.15, 0.2) is 0 Å². The third-order valence-electron chi connectivity index (χ3n) is 11.0. The zero-order valence-electron chi connectivity index (χ0n) is 19.9. The molecule has 2 N–H and O–H groups in total. The molecule has 0 aromatic rings. The van der Waals surface area contributed by atoms with Crippen LogP contribution in [0, 0.1) is 46.3 Å². The molecule has 0 heterocycles. The molecule has 4 fully saturated rings. The minimum Gasteiger partial charge on any atom is -0.390 e. The molecule has 0 radical (unpaired) electrons. The third-order valence-corrected chi connectivity index (χ3v) is 11.0. The molecule has 2 heteroatoms. The van der Waals surface area contributed by atoms with Crippen LogP contribution in [-0.2, 0) is 0 Å². The topological polar surface area (TPSA) is 40.5 Å². The molecule has 4 saturated carbocycles. The smallest absolute Gasteiger partial charge is 0.0961 e. The maximum absolute atomic E-state index is 11.6. The predicted molar refractivity (Wildman–Crippen MR) is 121 cm³/mol. The average molecular weight is 405 g/mol. The van der Waals surface area contributed by atoms with Crippen molar-refractivity contribution in [3.05, 3.63) is 0 Å². The molecular weight excluding hydrogens is 356 g/mol. The van der Waals surface area contributed by atoms with E-state index in [1.807, 2.05) is 0 Å². The van der Waals surface area contributed by atoms with Crippen LogP contribution in [-0.4, -0.2) is 21.9 Å². The molecule has 0 spiro atoms. The van der Waals surface area contributed by atoms with E-state index in [2.05, 4.69) is 34.6 Å². The summed E-state index contributed by atoms with van der Waals surface area (Å²) in [6.07, 6.45) is 14.1. The van der Waals surface area contributed by atoms with Crippen molar-refractivity contribution < 1.29 is 10.2 Å². The lowest BCUT2D eigenvalue weighted by molar-refractivity contribution is -0.253. The van der Waals surface area contributed by atoms with Gasteiger partial charge in [-0.15, -0.1) is 0 Å². The van der Waals surface area contributed by atoms with Gasteiger partial charge in [-0.25, -0.2) is 0 Å². The van der Waals surface area contributed by atoms with Crippen molar-refractivity contribution in [2.24, 2.45) is 46.3 Å². The van der Waals surface area contributed by atoms with Crippen LogP contribution < -0.4 is 0 Å². The molecule has 168 valence electrons. The van der Waals surface area contributed by atoms with E-state index in [1.165, 1.54) is 51.4 Å². The van der Waals surface area contributed by atoms with Crippen LogP contribution in [0.1, 0.15) is 112 Å². The first-order valence-corrected chi connectivity index (χ1v) is 13.0. The van der Waals surface area contributed by atoms with Crippen LogP contribution in [0.4, 0.5) is 0 Å². The van der Waals surface area contributed by atoms with Gasteiger partial charge in [0.2, 0.25) is 0 Å². The highest BCUT2D eigenvalue weighted by molar-refractivity contribution is 5.16. The fourth-order valence-corrected chi connectivity index (χ4v) is 9.33. The summed E-state index contributed by atoms with van der Waals surface area (Å²) < 4.78 is 0. The van der Waals surface area contributed by atoms with E-state index in [1.54, 1.807) is 0 Å². The molecule has 0 aromatic carbocycles. The molecule has 0 unspecified atom stereocenters. The van der Waals surface area contributed by atoms with Gasteiger partial charge < -0.3 is 10.2 Å². The van der Waals surface area contributed by atoms with Gasteiger partial charge in [0, 0.05) is 5.41 Å². The van der Waals surface area contributed by atoms with Gasteiger partial charge in [0.1, 0.15) is 0 Å². The van der Waals surface area contributed by atoms with Gasteiger partial charge in [-0.05, 0) is 85.9 Å². The van der Waals surface area contributed by atoms with E-state index in [0.717, 1.165) is 49.4 Å². The molecular formula is C27H48O2. The molecule has 0 aliphatic heterocycles. The quantitative estimate of drug-likeness (QED) is 0.543. The summed E-state index contributed by atoms with van der Waals surface area (Å²) in [5.74, 6) is 4.51. The van der Waals surface area contributed by atoms with Gasteiger partial charge in [0.05, 0.1) is 11.7 Å². The van der Waals surface area contributed by atoms with Crippen LogP contribution in [0.2, 0.25) is 0 Å². The second-order valence-electron chi connectivity index (χ2n) is 12.7. The summed E-state index contributed by atoms with van der Waals surface area (Å²) in [7, 11) is 0. The monoisotopic (exact) mass is 404 g/mol. The Hall–Kier alpha value is -0.0800. The van der Waals surface area contributed by atoms with Crippen LogP contribution in [0.15, 0.2) is 0 Å². The van der Waals surface area contributed by atoms with E-state index >= 15 is 0 Å². The fourth-order valence-electron chi connectivity index (χ4n) is 9.33. The van der Waals surface area contributed by atoms with Gasteiger partial charge in [-0.1, -0.05) is 66.7 Å². The normalized spacial score (nSPS) is 50.7. The lowest BCUT2D eigenvalue weighted by atomic mass is 9.42. The van der Waals surface area contributed by atoms with Crippen LogP contribution in [0.5, 0.6) is 0 Å². The van der Waals surface area contributed by atoms with Crippen molar-refractivity contribution in [1.82, 2.24) is 0 Å². The number of rotatable bonds is 5.